The SMILES string of the molecule is N#Cc1ccc(F)cc1-c1ccc2nc(NC(=O)[C@H]3CCc4ccccc4O3)nn2c1. The summed E-state index contributed by atoms with van der Waals surface area (Å²) in [5, 5.41) is 16.3. The molecule has 31 heavy (non-hydrogen) atoms. The van der Waals surface area contributed by atoms with Gasteiger partial charge in [-0.15, -0.1) is 5.10 Å². The van der Waals surface area contributed by atoms with E-state index in [2.05, 4.69) is 21.5 Å². The molecule has 3 heterocycles. The first-order chi connectivity index (χ1) is 15.1. The van der Waals surface area contributed by atoms with Crippen molar-refractivity contribution in [2.45, 2.75) is 18.9 Å². The van der Waals surface area contributed by atoms with Crippen molar-refractivity contribution in [2.75, 3.05) is 5.32 Å². The Kier molecular flexibility index (Phi) is 4.56. The number of para-hydroxylation sites is 1. The topological polar surface area (TPSA) is 92.3 Å². The highest BCUT2D eigenvalue weighted by molar-refractivity contribution is 5.93. The lowest BCUT2D eigenvalue weighted by Crippen LogP contribution is -2.36. The summed E-state index contributed by atoms with van der Waals surface area (Å²) in [6, 6.07) is 17.1. The molecule has 0 saturated heterocycles. The maximum absolute atomic E-state index is 13.7. The second kappa shape index (κ2) is 7.54. The van der Waals surface area contributed by atoms with E-state index in [1.165, 1.54) is 22.7 Å². The average molecular weight is 413 g/mol. The number of rotatable bonds is 3. The number of nitrogens with one attached hydrogen (secondary N) is 1. The standard InChI is InChI=1S/C23H16FN5O2/c24-17-8-5-15(12-25)18(11-17)16-7-10-21-26-23(28-29(21)13-16)27-22(30)20-9-6-14-3-1-2-4-19(14)31-20/h1-5,7-8,10-11,13,20H,6,9H2,(H,27,28,30)/t20-/m1/s1. The van der Waals surface area contributed by atoms with Crippen LogP contribution in [-0.2, 0) is 11.2 Å². The number of halogens is 1. The lowest BCUT2D eigenvalue weighted by molar-refractivity contribution is -0.123. The van der Waals surface area contributed by atoms with Crippen LogP contribution in [0.5, 0.6) is 5.75 Å². The summed E-state index contributed by atoms with van der Waals surface area (Å²) in [7, 11) is 0. The molecule has 2 aromatic heterocycles. The number of fused-ring (bicyclic) bond motifs is 2. The van der Waals surface area contributed by atoms with Gasteiger partial charge in [-0.3, -0.25) is 10.1 Å². The number of carbonyl (C=O) groups is 1. The lowest BCUT2D eigenvalue weighted by atomic mass is 10.0. The van der Waals surface area contributed by atoms with Crippen LogP contribution < -0.4 is 10.1 Å². The Morgan fingerprint density at radius 1 is 1.23 bits per heavy atom. The Morgan fingerprint density at radius 3 is 2.97 bits per heavy atom. The van der Waals surface area contributed by atoms with Crippen LogP contribution in [0.25, 0.3) is 16.8 Å². The zero-order valence-corrected chi connectivity index (χ0v) is 16.2. The van der Waals surface area contributed by atoms with Crippen molar-refractivity contribution in [1.29, 1.82) is 5.26 Å². The van der Waals surface area contributed by atoms with E-state index < -0.39 is 11.9 Å². The van der Waals surface area contributed by atoms with Crippen molar-refractivity contribution in [1.82, 2.24) is 14.6 Å². The number of hydrogen-bond donors (Lipinski definition) is 1. The minimum atomic E-state index is -0.623. The largest absolute Gasteiger partial charge is 0.480 e. The van der Waals surface area contributed by atoms with Gasteiger partial charge in [0, 0.05) is 17.3 Å². The number of carbonyl (C=O) groups excluding carboxylic acids is 1. The maximum atomic E-state index is 13.7. The molecule has 0 radical (unpaired) electrons. The molecule has 0 spiro atoms. The predicted octanol–water partition coefficient (Wildman–Crippen LogP) is 3.74. The number of amides is 1. The van der Waals surface area contributed by atoms with E-state index in [1.807, 2.05) is 24.3 Å². The van der Waals surface area contributed by atoms with E-state index in [9.17, 15) is 14.4 Å². The maximum Gasteiger partial charge on any atom is 0.267 e. The molecule has 1 atom stereocenters. The van der Waals surface area contributed by atoms with E-state index in [0.29, 0.717) is 34.5 Å². The molecule has 7 nitrogen and oxygen atoms in total. The van der Waals surface area contributed by atoms with Crippen LogP contribution >= 0.6 is 0 Å². The molecule has 1 N–H and O–H groups in total. The fourth-order valence-corrected chi connectivity index (χ4v) is 3.65. The molecule has 0 fully saturated rings. The van der Waals surface area contributed by atoms with E-state index in [4.69, 9.17) is 4.74 Å². The van der Waals surface area contributed by atoms with Crippen LogP contribution in [0.4, 0.5) is 10.3 Å². The molecule has 5 rings (SSSR count). The molecular weight excluding hydrogens is 397 g/mol. The van der Waals surface area contributed by atoms with Gasteiger partial charge < -0.3 is 4.74 Å². The first-order valence-corrected chi connectivity index (χ1v) is 9.72. The van der Waals surface area contributed by atoms with E-state index >= 15 is 0 Å². The molecule has 0 saturated carbocycles. The van der Waals surface area contributed by atoms with Crippen molar-refractivity contribution in [3.8, 4) is 22.9 Å². The quantitative estimate of drug-likeness (QED) is 0.552. The molecule has 1 aliphatic rings. The van der Waals surface area contributed by atoms with Gasteiger partial charge in [0.1, 0.15) is 11.6 Å². The summed E-state index contributed by atoms with van der Waals surface area (Å²) < 4.78 is 21.0. The molecule has 0 aliphatic carbocycles. The van der Waals surface area contributed by atoms with Crippen LogP contribution in [0.1, 0.15) is 17.5 Å². The second-order valence-electron chi connectivity index (χ2n) is 7.20. The Bertz CT molecular complexity index is 1360. The Labute approximate surface area is 176 Å². The van der Waals surface area contributed by atoms with Gasteiger partial charge in [-0.25, -0.2) is 8.91 Å². The van der Waals surface area contributed by atoms with Crippen LogP contribution in [0.3, 0.4) is 0 Å². The van der Waals surface area contributed by atoms with Gasteiger partial charge in [0.2, 0.25) is 5.95 Å². The van der Waals surface area contributed by atoms with Crippen molar-refractivity contribution in [2.24, 2.45) is 0 Å². The summed E-state index contributed by atoms with van der Waals surface area (Å²) in [5.41, 5.74) is 3.00. The third-order valence-electron chi connectivity index (χ3n) is 5.19. The molecule has 152 valence electrons. The fourth-order valence-electron chi connectivity index (χ4n) is 3.65. The first kappa shape index (κ1) is 18.8. The van der Waals surface area contributed by atoms with Gasteiger partial charge in [-0.05, 0) is 54.8 Å². The molecule has 1 amide bonds. The summed E-state index contributed by atoms with van der Waals surface area (Å²) >= 11 is 0. The zero-order valence-electron chi connectivity index (χ0n) is 16.2. The number of pyridine rings is 1. The van der Waals surface area contributed by atoms with Crippen LogP contribution in [0.15, 0.2) is 60.8 Å². The number of aromatic nitrogens is 3. The number of aryl methyl sites for hydroxylation is 1. The zero-order chi connectivity index (χ0) is 21.4. The number of ether oxygens (including phenoxy) is 1. The minimum absolute atomic E-state index is 0.143. The van der Waals surface area contributed by atoms with E-state index in [1.54, 1.807) is 18.3 Å². The highest BCUT2D eigenvalue weighted by Gasteiger charge is 2.26. The number of anilines is 1. The summed E-state index contributed by atoms with van der Waals surface area (Å²) in [4.78, 5) is 17.0. The first-order valence-electron chi connectivity index (χ1n) is 9.72. The highest BCUT2D eigenvalue weighted by atomic mass is 19.1. The van der Waals surface area contributed by atoms with Crippen LogP contribution in [0.2, 0.25) is 0 Å². The van der Waals surface area contributed by atoms with Crippen molar-refractivity contribution < 1.29 is 13.9 Å². The van der Waals surface area contributed by atoms with Gasteiger partial charge in [-0.1, -0.05) is 18.2 Å². The van der Waals surface area contributed by atoms with E-state index in [0.717, 1.165) is 12.0 Å². The number of nitriles is 1. The number of nitrogens with zero attached hydrogens (tertiary/aromatic N) is 4. The Balaban J connectivity index is 1.38. The van der Waals surface area contributed by atoms with Gasteiger partial charge in [0.15, 0.2) is 11.8 Å². The van der Waals surface area contributed by atoms with Crippen molar-refractivity contribution in [3.05, 3.63) is 77.7 Å². The molecule has 4 aromatic rings. The lowest BCUT2D eigenvalue weighted by Gasteiger charge is -2.24. The van der Waals surface area contributed by atoms with Crippen molar-refractivity contribution in [3.63, 3.8) is 0 Å². The molecule has 2 aromatic carbocycles. The van der Waals surface area contributed by atoms with Gasteiger partial charge in [0.05, 0.1) is 11.6 Å². The third kappa shape index (κ3) is 3.57. The normalized spacial score (nSPS) is 15.0. The molecular formula is C23H16FN5O2. The molecule has 0 bridgehead atoms. The number of benzene rings is 2. The summed E-state index contributed by atoms with van der Waals surface area (Å²) in [5.74, 6) is 0.103. The third-order valence-corrected chi connectivity index (χ3v) is 5.19. The van der Waals surface area contributed by atoms with Gasteiger partial charge in [-0.2, -0.15) is 10.2 Å². The molecule has 8 heteroatoms. The highest BCUT2D eigenvalue weighted by Crippen LogP contribution is 2.28. The van der Waals surface area contributed by atoms with Crippen LogP contribution in [-0.4, -0.2) is 26.6 Å². The van der Waals surface area contributed by atoms with Gasteiger partial charge in [0.25, 0.3) is 5.91 Å². The van der Waals surface area contributed by atoms with Gasteiger partial charge >= 0.3 is 0 Å². The summed E-state index contributed by atoms with van der Waals surface area (Å²) in [6.07, 6.45) is 2.34. The molecule has 0 unspecified atom stereocenters. The number of hydrogen-bond acceptors (Lipinski definition) is 5. The summed E-state index contributed by atoms with van der Waals surface area (Å²) in [6.45, 7) is 0. The second-order valence-corrected chi connectivity index (χ2v) is 7.20. The average Bonchev–Trinajstić information content (AvgIpc) is 3.20. The Morgan fingerprint density at radius 2 is 2.10 bits per heavy atom. The molecule has 1 aliphatic heterocycles. The Hall–Kier alpha value is -4.25. The monoisotopic (exact) mass is 413 g/mol. The fraction of sp³-hybridized carbons (Fsp3) is 0.130. The van der Waals surface area contributed by atoms with Crippen molar-refractivity contribution >= 4 is 17.5 Å². The smallest absolute Gasteiger partial charge is 0.267 e. The van der Waals surface area contributed by atoms with Crippen LogP contribution in [0, 0.1) is 17.1 Å². The minimum Gasteiger partial charge on any atom is -0.480 e. The van der Waals surface area contributed by atoms with E-state index in [-0.39, 0.29) is 11.9 Å². The predicted molar refractivity (Wildman–Crippen MR) is 111 cm³/mol.